The maximum atomic E-state index is 5.22. The van der Waals surface area contributed by atoms with Crippen molar-refractivity contribution in [3.8, 4) is 5.75 Å². The third-order valence-electron chi connectivity index (χ3n) is 5.51. The molecule has 0 amide bonds. The molecule has 0 saturated carbocycles. The summed E-state index contributed by atoms with van der Waals surface area (Å²) in [6.45, 7) is 4.28. The molecule has 0 aliphatic carbocycles. The number of nitrogens with one attached hydrogen (secondary N) is 1. The van der Waals surface area contributed by atoms with Crippen molar-refractivity contribution in [1.82, 2.24) is 5.32 Å². The maximum Gasteiger partial charge on any atom is 0.118 e. The van der Waals surface area contributed by atoms with Crippen LogP contribution in [-0.4, -0.2) is 20.2 Å². The monoisotopic (exact) mass is 387 g/mol. The topological polar surface area (TPSA) is 21.3 Å². The van der Waals surface area contributed by atoms with Crippen molar-refractivity contribution in [1.29, 1.82) is 0 Å². The smallest absolute Gasteiger partial charge is 0.118 e. The van der Waals surface area contributed by atoms with Gasteiger partial charge in [0.05, 0.1) is 7.11 Å². The van der Waals surface area contributed by atoms with Gasteiger partial charge in [-0.2, -0.15) is 0 Å². The Balaban J connectivity index is 1.42. The van der Waals surface area contributed by atoms with Crippen LogP contribution in [0.15, 0.2) is 78.9 Å². The van der Waals surface area contributed by atoms with Crippen LogP contribution in [-0.2, 0) is 6.42 Å². The van der Waals surface area contributed by atoms with Crippen molar-refractivity contribution in [2.75, 3.05) is 20.2 Å². The summed E-state index contributed by atoms with van der Waals surface area (Å²) >= 11 is 0. The Kier molecular flexibility index (Phi) is 8.33. The van der Waals surface area contributed by atoms with Gasteiger partial charge in [0.1, 0.15) is 5.75 Å². The predicted molar refractivity (Wildman–Crippen MR) is 123 cm³/mol. The van der Waals surface area contributed by atoms with Crippen LogP contribution in [0.1, 0.15) is 47.4 Å². The van der Waals surface area contributed by atoms with E-state index >= 15 is 0 Å². The highest BCUT2D eigenvalue weighted by molar-refractivity contribution is 5.34. The molecule has 0 fully saturated rings. The molecule has 0 radical (unpaired) electrons. The molecule has 1 atom stereocenters. The molecule has 3 aromatic rings. The number of methoxy groups -OCH3 is 1. The van der Waals surface area contributed by atoms with E-state index in [1.54, 1.807) is 7.11 Å². The molecule has 2 nitrogen and oxygen atoms in total. The van der Waals surface area contributed by atoms with E-state index in [2.05, 4.69) is 79.0 Å². The van der Waals surface area contributed by atoms with Gasteiger partial charge in [-0.15, -0.1) is 0 Å². The van der Waals surface area contributed by atoms with E-state index in [4.69, 9.17) is 4.74 Å². The van der Waals surface area contributed by atoms with Crippen LogP contribution < -0.4 is 10.1 Å². The fourth-order valence-electron chi connectivity index (χ4n) is 3.78. The summed E-state index contributed by atoms with van der Waals surface area (Å²) in [5, 5.41) is 3.62. The summed E-state index contributed by atoms with van der Waals surface area (Å²) in [5.74, 6) is 1.39. The van der Waals surface area contributed by atoms with Gasteiger partial charge in [-0.3, -0.25) is 0 Å². The lowest BCUT2D eigenvalue weighted by Gasteiger charge is -2.18. The minimum absolute atomic E-state index is 0.470. The van der Waals surface area contributed by atoms with Crippen molar-refractivity contribution in [2.24, 2.45) is 0 Å². The largest absolute Gasteiger partial charge is 0.497 e. The Labute approximate surface area is 175 Å². The molecule has 0 heterocycles. The number of benzene rings is 3. The lowest BCUT2D eigenvalue weighted by Crippen LogP contribution is -2.18. The van der Waals surface area contributed by atoms with Crippen LogP contribution >= 0.6 is 0 Å². The third-order valence-corrected chi connectivity index (χ3v) is 5.51. The van der Waals surface area contributed by atoms with Gasteiger partial charge in [-0.1, -0.05) is 72.3 Å². The average Bonchev–Trinajstić information content (AvgIpc) is 2.77. The van der Waals surface area contributed by atoms with E-state index in [9.17, 15) is 0 Å². The molecule has 1 N–H and O–H groups in total. The molecular weight excluding hydrogens is 354 g/mol. The average molecular weight is 388 g/mol. The van der Waals surface area contributed by atoms with Crippen molar-refractivity contribution in [3.05, 3.63) is 101 Å². The fraction of sp³-hybridized carbons (Fsp3) is 0.333. The van der Waals surface area contributed by atoms with Crippen molar-refractivity contribution in [2.45, 2.75) is 38.5 Å². The molecule has 152 valence electrons. The lowest BCUT2D eigenvalue weighted by atomic mass is 9.87. The normalized spacial score (nSPS) is 11.9. The lowest BCUT2D eigenvalue weighted by molar-refractivity contribution is 0.414. The summed E-state index contributed by atoms with van der Waals surface area (Å²) in [4.78, 5) is 0. The van der Waals surface area contributed by atoms with Crippen molar-refractivity contribution < 1.29 is 4.74 Å². The summed E-state index contributed by atoms with van der Waals surface area (Å²) in [5.41, 5.74) is 5.52. The van der Waals surface area contributed by atoms with Gasteiger partial charge in [-0.05, 0) is 74.5 Å². The first-order chi connectivity index (χ1) is 14.3. The molecular formula is C27H33NO. The van der Waals surface area contributed by atoms with Crippen molar-refractivity contribution >= 4 is 0 Å². The number of rotatable bonds is 11. The molecule has 0 bridgehead atoms. The quantitative estimate of drug-likeness (QED) is 0.399. The maximum absolute atomic E-state index is 5.22. The first-order valence-electron chi connectivity index (χ1n) is 10.7. The van der Waals surface area contributed by atoms with Gasteiger partial charge >= 0.3 is 0 Å². The van der Waals surface area contributed by atoms with E-state index in [0.29, 0.717) is 5.92 Å². The van der Waals surface area contributed by atoms with Gasteiger partial charge < -0.3 is 10.1 Å². The van der Waals surface area contributed by atoms with Gasteiger partial charge in [0.15, 0.2) is 0 Å². The summed E-state index contributed by atoms with van der Waals surface area (Å²) in [6, 6.07) is 28.3. The highest BCUT2D eigenvalue weighted by Crippen LogP contribution is 2.29. The molecule has 29 heavy (non-hydrogen) atoms. The second kappa shape index (κ2) is 11.4. The van der Waals surface area contributed by atoms with Gasteiger partial charge in [0.2, 0.25) is 0 Å². The van der Waals surface area contributed by atoms with Crippen LogP contribution in [0.3, 0.4) is 0 Å². The first-order valence-corrected chi connectivity index (χ1v) is 10.7. The summed E-state index contributed by atoms with van der Waals surface area (Å²) in [6.07, 6.45) is 4.61. The SMILES string of the molecule is COc1ccc(CCCNCCCC(c2ccccc2)c2ccc(C)cc2)cc1. The molecule has 1 unspecified atom stereocenters. The molecule has 0 aliphatic rings. The molecule has 0 spiro atoms. The molecule has 3 rings (SSSR count). The molecule has 3 aromatic carbocycles. The van der Waals surface area contributed by atoms with Crippen LogP contribution in [0, 0.1) is 6.92 Å². The molecule has 2 heteroatoms. The minimum atomic E-state index is 0.470. The van der Waals surface area contributed by atoms with Crippen LogP contribution in [0.5, 0.6) is 5.75 Å². The van der Waals surface area contributed by atoms with Crippen LogP contribution in [0.4, 0.5) is 0 Å². The van der Waals surface area contributed by atoms with Gasteiger partial charge in [0, 0.05) is 5.92 Å². The van der Waals surface area contributed by atoms with Crippen LogP contribution in [0.25, 0.3) is 0 Å². The Bertz CT molecular complexity index is 825. The van der Waals surface area contributed by atoms with E-state index in [-0.39, 0.29) is 0 Å². The van der Waals surface area contributed by atoms with Gasteiger partial charge in [0.25, 0.3) is 0 Å². The Morgan fingerprint density at radius 3 is 2.10 bits per heavy atom. The predicted octanol–water partition coefficient (Wildman–Crippen LogP) is 6.14. The second-order valence-electron chi connectivity index (χ2n) is 7.72. The Morgan fingerprint density at radius 2 is 1.41 bits per heavy atom. The van der Waals surface area contributed by atoms with Gasteiger partial charge in [-0.25, -0.2) is 0 Å². The summed E-state index contributed by atoms with van der Waals surface area (Å²) in [7, 11) is 1.71. The zero-order chi connectivity index (χ0) is 20.3. The highest BCUT2D eigenvalue weighted by atomic mass is 16.5. The number of ether oxygens (including phenoxy) is 1. The van der Waals surface area contributed by atoms with Crippen molar-refractivity contribution in [3.63, 3.8) is 0 Å². The van der Waals surface area contributed by atoms with E-state index < -0.39 is 0 Å². The zero-order valence-electron chi connectivity index (χ0n) is 17.7. The van der Waals surface area contributed by atoms with E-state index in [1.807, 2.05) is 12.1 Å². The third kappa shape index (κ3) is 6.76. The minimum Gasteiger partial charge on any atom is -0.497 e. The highest BCUT2D eigenvalue weighted by Gasteiger charge is 2.13. The molecule has 0 aliphatic heterocycles. The Hall–Kier alpha value is -2.58. The fourth-order valence-corrected chi connectivity index (χ4v) is 3.78. The Morgan fingerprint density at radius 1 is 0.759 bits per heavy atom. The second-order valence-corrected chi connectivity index (χ2v) is 7.72. The number of hydrogen-bond acceptors (Lipinski definition) is 2. The number of aryl methyl sites for hydroxylation is 2. The standard InChI is InChI=1S/C27H33NO/c1-22-12-16-25(17-13-22)27(24-9-4-3-5-10-24)11-7-21-28-20-6-8-23-14-18-26(29-2)19-15-23/h3-5,9-10,12-19,27-28H,6-8,11,20-21H2,1-2H3. The zero-order valence-corrected chi connectivity index (χ0v) is 17.7. The molecule has 0 aromatic heterocycles. The first kappa shape index (κ1) is 21.1. The van der Waals surface area contributed by atoms with E-state index in [0.717, 1.165) is 31.7 Å². The van der Waals surface area contributed by atoms with Crippen LogP contribution in [0.2, 0.25) is 0 Å². The summed E-state index contributed by atoms with van der Waals surface area (Å²) < 4.78 is 5.22. The van der Waals surface area contributed by atoms with E-state index in [1.165, 1.54) is 35.1 Å². The number of hydrogen-bond donors (Lipinski definition) is 1. The molecule has 0 saturated heterocycles.